The number of amides is 1. The summed E-state index contributed by atoms with van der Waals surface area (Å²) >= 11 is 0. The first-order chi connectivity index (χ1) is 10.6. The maximum atomic E-state index is 13.5. The van der Waals surface area contributed by atoms with E-state index < -0.39 is 0 Å². The third-order valence-corrected chi connectivity index (χ3v) is 3.57. The molecule has 22 heavy (non-hydrogen) atoms. The number of nitrogens with one attached hydrogen (secondary N) is 1. The van der Waals surface area contributed by atoms with Gasteiger partial charge in [0.25, 0.3) is 0 Å². The fourth-order valence-electron chi connectivity index (χ4n) is 2.53. The number of hydrogen-bond acceptors (Lipinski definition) is 2. The van der Waals surface area contributed by atoms with Crippen LogP contribution in [0.3, 0.4) is 0 Å². The summed E-state index contributed by atoms with van der Waals surface area (Å²) in [4.78, 5) is 15.3. The van der Waals surface area contributed by atoms with Gasteiger partial charge < -0.3 is 5.32 Å². The second-order valence-corrected chi connectivity index (χ2v) is 5.11. The molecule has 0 spiro atoms. The zero-order valence-electron chi connectivity index (χ0n) is 12.1. The molecule has 0 atom stereocenters. The van der Waals surface area contributed by atoms with Crippen molar-refractivity contribution in [2.24, 2.45) is 0 Å². The van der Waals surface area contributed by atoms with Gasteiger partial charge in [-0.1, -0.05) is 24.3 Å². The fraction of sp³-hybridized carbons (Fsp3) is 0.111. The van der Waals surface area contributed by atoms with Crippen LogP contribution in [0.4, 0.5) is 4.39 Å². The fourth-order valence-corrected chi connectivity index (χ4v) is 2.53. The van der Waals surface area contributed by atoms with Crippen LogP contribution in [-0.2, 0) is 11.3 Å². The van der Waals surface area contributed by atoms with E-state index in [2.05, 4.69) is 10.3 Å². The summed E-state index contributed by atoms with van der Waals surface area (Å²) in [5.41, 5.74) is 2.75. The van der Waals surface area contributed by atoms with E-state index in [-0.39, 0.29) is 11.7 Å². The lowest BCUT2D eigenvalue weighted by Crippen LogP contribution is -2.19. The summed E-state index contributed by atoms with van der Waals surface area (Å²) in [6, 6.07) is 12.3. The van der Waals surface area contributed by atoms with Crippen molar-refractivity contribution < 1.29 is 9.18 Å². The molecule has 0 radical (unpaired) electrons. The quantitative estimate of drug-likeness (QED) is 0.800. The molecule has 0 unspecified atom stereocenters. The molecule has 1 heterocycles. The van der Waals surface area contributed by atoms with E-state index in [1.807, 2.05) is 24.3 Å². The van der Waals surface area contributed by atoms with E-state index >= 15 is 0 Å². The number of rotatable bonds is 3. The zero-order valence-corrected chi connectivity index (χ0v) is 12.1. The number of fused-ring (bicyclic) bond motifs is 1. The summed E-state index contributed by atoms with van der Waals surface area (Å²) < 4.78 is 13.5. The van der Waals surface area contributed by atoms with E-state index in [1.165, 1.54) is 19.1 Å². The number of carbonyl (C=O) groups excluding carboxylic acids is 1. The smallest absolute Gasteiger partial charge is 0.217 e. The summed E-state index contributed by atoms with van der Waals surface area (Å²) in [6.07, 6.45) is 3.49. The number of hydrogen-bond donors (Lipinski definition) is 1. The SMILES string of the molecule is CC(=O)NCc1ccc(-c2cccc(F)c2)c2ccncc12. The van der Waals surface area contributed by atoms with Crippen LogP contribution in [0.1, 0.15) is 12.5 Å². The average Bonchev–Trinajstić information content (AvgIpc) is 2.52. The van der Waals surface area contributed by atoms with E-state index in [4.69, 9.17) is 0 Å². The van der Waals surface area contributed by atoms with Crippen LogP contribution in [0.5, 0.6) is 0 Å². The second-order valence-electron chi connectivity index (χ2n) is 5.11. The molecule has 4 heteroatoms. The molecule has 1 N–H and O–H groups in total. The van der Waals surface area contributed by atoms with Crippen LogP contribution in [0.25, 0.3) is 21.9 Å². The van der Waals surface area contributed by atoms with Crippen LogP contribution in [-0.4, -0.2) is 10.9 Å². The van der Waals surface area contributed by atoms with Crippen molar-refractivity contribution in [3.63, 3.8) is 0 Å². The number of benzene rings is 2. The Morgan fingerprint density at radius 1 is 1.18 bits per heavy atom. The largest absolute Gasteiger partial charge is 0.352 e. The van der Waals surface area contributed by atoms with Crippen LogP contribution in [0.15, 0.2) is 54.9 Å². The van der Waals surface area contributed by atoms with Gasteiger partial charge in [0.2, 0.25) is 5.91 Å². The van der Waals surface area contributed by atoms with Crippen LogP contribution < -0.4 is 5.32 Å². The van der Waals surface area contributed by atoms with Crippen molar-refractivity contribution in [1.29, 1.82) is 0 Å². The Kier molecular flexibility index (Phi) is 3.83. The summed E-state index contributed by atoms with van der Waals surface area (Å²) in [5, 5.41) is 4.74. The first-order valence-electron chi connectivity index (χ1n) is 7.01. The van der Waals surface area contributed by atoms with E-state index in [9.17, 15) is 9.18 Å². The van der Waals surface area contributed by atoms with Crippen molar-refractivity contribution in [3.8, 4) is 11.1 Å². The van der Waals surface area contributed by atoms with Gasteiger partial charge in [0.1, 0.15) is 5.82 Å². The minimum absolute atomic E-state index is 0.0775. The normalized spacial score (nSPS) is 10.6. The number of pyridine rings is 1. The van der Waals surface area contributed by atoms with Crippen molar-refractivity contribution in [2.45, 2.75) is 13.5 Å². The van der Waals surface area contributed by atoms with Gasteiger partial charge in [0.15, 0.2) is 0 Å². The molecule has 0 saturated heterocycles. The molecule has 1 amide bonds. The molecule has 2 aromatic carbocycles. The Morgan fingerprint density at radius 2 is 2.05 bits per heavy atom. The van der Waals surface area contributed by atoms with Crippen LogP contribution in [0.2, 0.25) is 0 Å². The van der Waals surface area contributed by atoms with Crippen molar-refractivity contribution in [1.82, 2.24) is 10.3 Å². The minimum Gasteiger partial charge on any atom is -0.352 e. The Balaban J connectivity index is 2.14. The summed E-state index contributed by atoms with van der Waals surface area (Å²) in [6.45, 7) is 1.93. The topological polar surface area (TPSA) is 42.0 Å². The third-order valence-electron chi connectivity index (χ3n) is 3.57. The lowest BCUT2D eigenvalue weighted by atomic mass is 9.96. The van der Waals surface area contributed by atoms with Crippen molar-refractivity contribution in [3.05, 3.63) is 66.2 Å². The average molecular weight is 294 g/mol. The number of aromatic nitrogens is 1. The monoisotopic (exact) mass is 294 g/mol. The summed E-state index contributed by atoms with van der Waals surface area (Å²) in [7, 11) is 0. The van der Waals surface area contributed by atoms with E-state index in [0.29, 0.717) is 6.54 Å². The first kappa shape index (κ1) is 14.2. The van der Waals surface area contributed by atoms with Gasteiger partial charge in [-0.05, 0) is 40.3 Å². The highest BCUT2D eigenvalue weighted by atomic mass is 19.1. The second kappa shape index (κ2) is 5.93. The van der Waals surface area contributed by atoms with E-state index in [1.54, 1.807) is 18.5 Å². The van der Waals surface area contributed by atoms with Crippen LogP contribution in [0, 0.1) is 5.82 Å². The molecular formula is C18H15FN2O. The predicted octanol–water partition coefficient (Wildman–Crippen LogP) is 3.68. The molecule has 3 nitrogen and oxygen atoms in total. The Labute approximate surface area is 127 Å². The Hall–Kier alpha value is -2.75. The number of halogens is 1. The predicted molar refractivity (Wildman–Crippen MR) is 84.7 cm³/mol. The van der Waals surface area contributed by atoms with Gasteiger partial charge in [-0.15, -0.1) is 0 Å². The Morgan fingerprint density at radius 3 is 2.82 bits per heavy atom. The van der Waals surface area contributed by atoms with Gasteiger partial charge in [-0.3, -0.25) is 9.78 Å². The first-order valence-corrected chi connectivity index (χ1v) is 7.01. The molecule has 0 aliphatic rings. The van der Waals surface area contributed by atoms with Gasteiger partial charge in [-0.25, -0.2) is 4.39 Å². The molecule has 0 saturated carbocycles. The third kappa shape index (κ3) is 2.81. The van der Waals surface area contributed by atoms with Crippen molar-refractivity contribution >= 4 is 16.7 Å². The van der Waals surface area contributed by atoms with Gasteiger partial charge >= 0.3 is 0 Å². The molecule has 0 fully saturated rings. The number of nitrogens with zero attached hydrogens (tertiary/aromatic N) is 1. The van der Waals surface area contributed by atoms with Gasteiger partial charge in [0.05, 0.1) is 0 Å². The molecule has 3 rings (SSSR count). The molecule has 0 bridgehead atoms. The molecule has 3 aromatic rings. The molecule has 110 valence electrons. The Bertz CT molecular complexity index is 845. The molecular weight excluding hydrogens is 279 g/mol. The maximum Gasteiger partial charge on any atom is 0.217 e. The molecule has 0 aliphatic carbocycles. The molecule has 1 aromatic heterocycles. The lowest BCUT2D eigenvalue weighted by Gasteiger charge is -2.11. The summed E-state index contributed by atoms with van der Waals surface area (Å²) in [5.74, 6) is -0.340. The van der Waals surface area contributed by atoms with Gasteiger partial charge in [0, 0.05) is 31.2 Å². The van der Waals surface area contributed by atoms with Gasteiger partial charge in [-0.2, -0.15) is 0 Å². The molecule has 0 aliphatic heterocycles. The standard InChI is InChI=1S/C18H15FN2O/c1-12(22)21-10-14-5-6-16(13-3-2-4-15(19)9-13)17-7-8-20-11-18(14)17/h2-9,11H,10H2,1H3,(H,21,22). The highest BCUT2D eigenvalue weighted by Crippen LogP contribution is 2.30. The highest BCUT2D eigenvalue weighted by Gasteiger charge is 2.09. The minimum atomic E-state index is -0.262. The maximum absolute atomic E-state index is 13.5. The zero-order chi connectivity index (χ0) is 15.5. The lowest BCUT2D eigenvalue weighted by molar-refractivity contribution is -0.119. The van der Waals surface area contributed by atoms with Crippen LogP contribution >= 0.6 is 0 Å². The number of carbonyl (C=O) groups is 1. The highest BCUT2D eigenvalue weighted by molar-refractivity contribution is 5.98. The van der Waals surface area contributed by atoms with Crippen molar-refractivity contribution in [2.75, 3.05) is 0 Å². The van der Waals surface area contributed by atoms with E-state index in [0.717, 1.165) is 27.5 Å².